The van der Waals surface area contributed by atoms with E-state index in [0.717, 1.165) is 36.8 Å². The van der Waals surface area contributed by atoms with Crippen LogP contribution in [0.5, 0.6) is 0 Å². The van der Waals surface area contributed by atoms with Crippen LogP contribution in [0, 0.1) is 12.8 Å². The Hall–Kier alpha value is -1.16. The summed E-state index contributed by atoms with van der Waals surface area (Å²) in [5.41, 5.74) is 7.28. The van der Waals surface area contributed by atoms with Crippen LogP contribution in [0.3, 0.4) is 0 Å². The lowest BCUT2D eigenvalue weighted by Gasteiger charge is -2.51. The molecule has 1 aromatic heterocycles. The second kappa shape index (κ2) is 4.26. The normalized spacial score (nSPS) is 18.4. The molecule has 0 saturated carbocycles. The highest BCUT2D eigenvalue weighted by molar-refractivity contribution is 5.45. The van der Waals surface area contributed by atoms with Crippen LogP contribution in [0.15, 0.2) is 6.07 Å². The summed E-state index contributed by atoms with van der Waals surface area (Å²) in [6.07, 6.45) is 0.875. The number of hydrogen-bond acceptors (Lipinski definition) is 4. The van der Waals surface area contributed by atoms with E-state index in [1.54, 1.807) is 0 Å². The lowest BCUT2D eigenvalue weighted by molar-refractivity contribution is 0.243. The summed E-state index contributed by atoms with van der Waals surface area (Å²) in [6, 6.07) is 2.04. The summed E-state index contributed by atoms with van der Waals surface area (Å²) < 4.78 is 0. The molecule has 2 rings (SSSR count). The fourth-order valence-electron chi connectivity index (χ4n) is 2.12. The van der Waals surface area contributed by atoms with E-state index in [1.807, 2.05) is 13.0 Å². The number of rotatable bonds is 3. The molecule has 0 atom stereocenters. The van der Waals surface area contributed by atoms with Crippen LogP contribution in [-0.4, -0.2) is 28.6 Å². The van der Waals surface area contributed by atoms with Crippen LogP contribution in [0.2, 0.25) is 0 Å². The minimum atomic E-state index is -0.0504. The molecule has 4 heteroatoms. The molecule has 0 aromatic carbocycles. The first kappa shape index (κ1) is 12.3. The first-order valence-electron chi connectivity index (χ1n) is 6.33. The van der Waals surface area contributed by atoms with Gasteiger partial charge >= 0.3 is 0 Å². The van der Waals surface area contributed by atoms with E-state index in [1.165, 1.54) is 0 Å². The van der Waals surface area contributed by atoms with Gasteiger partial charge in [-0.1, -0.05) is 20.8 Å². The van der Waals surface area contributed by atoms with Gasteiger partial charge in [-0.25, -0.2) is 9.97 Å². The topological polar surface area (TPSA) is 55.0 Å². The van der Waals surface area contributed by atoms with Crippen molar-refractivity contribution in [3.8, 4) is 0 Å². The largest absolute Gasteiger partial charge is 0.353 e. The summed E-state index contributed by atoms with van der Waals surface area (Å²) in [7, 11) is 0. The molecule has 2 N–H and O–H groups in total. The number of aryl methyl sites for hydroxylation is 2. The minimum Gasteiger partial charge on any atom is -0.353 e. The molecule has 0 radical (unpaired) electrons. The molecule has 0 aliphatic carbocycles. The van der Waals surface area contributed by atoms with Crippen LogP contribution in [-0.2, 0) is 6.42 Å². The van der Waals surface area contributed by atoms with Gasteiger partial charge in [0.25, 0.3) is 0 Å². The zero-order valence-corrected chi connectivity index (χ0v) is 11.2. The SMILES string of the molecule is CCc1nc(C)cc(N2CC(N)(C(C)C)C2)n1. The quantitative estimate of drug-likeness (QED) is 0.861. The van der Waals surface area contributed by atoms with Gasteiger partial charge in [-0.3, -0.25) is 0 Å². The molecule has 2 heterocycles. The summed E-state index contributed by atoms with van der Waals surface area (Å²) in [5.74, 6) is 2.45. The molecule has 1 aliphatic rings. The Morgan fingerprint density at radius 1 is 1.41 bits per heavy atom. The number of aromatic nitrogens is 2. The lowest BCUT2D eigenvalue weighted by Crippen LogP contribution is -2.70. The van der Waals surface area contributed by atoms with E-state index in [-0.39, 0.29) is 5.54 Å². The van der Waals surface area contributed by atoms with Crippen molar-refractivity contribution in [1.82, 2.24) is 9.97 Å². The lowest BCUT2D eigenvalue weighted by atomic mass is 9.80. The van der Waals surface area contributed by atoms with Crippen LogP contribution in [0.1, 0.15) is 32.3 Å². The highest BCUT2D eigenvalue weighted by Gasteiger charge is 2.42. The third-order valence-corrected chi connectivity index (χ3v) is 3.65. The fourth-order valence-corrected chi connectivity index (χ4v) is 2.12. The van der Waals surface area contributed by atoms with Crippen molar-refractivity contribution < 1.29 is 0 Å². The van der Waals surface area contributed by atoms with Crippen LogP contribution in [0.25, 0.3) is 0 Å². The third-order valence-electron chi connectivity index (χ3n) is 3.65. The van der Waals surface area contributed by atoms with Gasteiger partial charge in [0.15, 0.2) is 0 Å². The molecule has 94 valence electrons. The van der Waals surface area contributed by atoms with Crippen molar-refractivity contribution in [2.24, 2.45) is 11.7 Å². The third kappa shape index (κ3) is 2.27. The van der Waals surface area contributed by atoms with Gasteiger partial charge in [-0.2, -0.15) is 0 Å². The summed E-state index contributed by atoms with van der Waals surface area (Å²) in [4.78, 5) is 11.2. The molecule has 4 nitrogen and oxygen atoms in total. The van der Waals surface area contributed by atoms with Gasteiger partial charge in [-0.05, 0) is 12.8 Å². The van der Waals surface area contributed by atoms with Crippen molar-refractivity contribution in [2.75, 3.05) is 18.0 Å². The van der Waals surface area contributed by atoms with Crippen molar-refractivity contribution >= 4 is 5.82 Å². The van der Waals surface area contributed by atoms with E-state index < -0.39 is 0 Å². The number of anilines is 1. The first-order valence-corrected chi connectivity index (χ1v) is 6.33. The molecule has 0 amide bonds. The van der Waals surface area contributed by atoms with Gasteiger partial charge in [0.1, 0.15) is 11.6 Å². The predicted molar refractivity (Wildman–Crippen MR) is 70.1 cm³/mol. The van der Waals surface area contributed by atoms with Crippen LogP contribution < -0.4 is 10.6 Å². The van der Waals surface area contributed by atoms with E-state index >= 15 is 0 Å². The summed E-state index contributed by atoms with van der Waals surface area (Å²) >= 11 is 0. The Balaban J connectivity index is 2.13. The van der Waals surface area contributed by atoms with Crippen LogP contribution >= 0.6 is 0 Å². The highest BCUT2D eigenvalue weighted by atomic mass is 15.3. The molecule has 0 bridgehead atoms. The number of hydrogen-bond donors (Lipinski definition) is 1. The summed E-state index contributed by atoms with van der Waals surface area (Å²) in [5, 5.41) is 0. The maximum atomic E-state index is 6.30. The maximum Gasteiger partial charge on any atom is 0.132 e. The second-order valence-electron chi connectivity index (χ2n) is 5.38. The zero-order chi connectivity index (χ0) is 12.6. The van der Waals surface area contributed by atoms with Gasteiger partial charge in [0, 0.05) is 31.3 Å². The fraction of sp³-hybridized carbons (Fsp3) is 0.692. The molecular weight excluding hydrogens is 212 g/mol. The molecule has 1 fully saturated rings. The molecular formula is C13H22N4. The Morgan fingerprint density at radius 2 is 2.06 bits per heavy atom. The Labute approximate surface area is 103 Å². The maximum absolute atomic E-state index is 6.30. The van der Waals surface area contributed by atoms with E-state index in [9.17, 15) is 0 Å². The average Bonchev–Trinajstić information content (AvgIpc) is 2.23. The Kier molecular flexibility index (Phi) is 3.08. The molecule has 1 saturated heterocycles. The van der Waals surface area contributed by atoms with Crippen molar-refractivity contribution in [3.05, 3.63) is 17.6 Å². The van der Waals surface area contributed by atoms with Gasteiger partial charge < -0.3 is 10.6 Å². The molecule has 1 aliphatic heterocycles. The molecule has 0 spiro atoms. The molecule has 17 heavy (non-hydrogen) atoms. The highest BCUT2D eigenvalue weighted by Crippen LogP contribution is 2.30. The average molecular weight is 234 g/mol. The van der Waals surface area contributed by atoms with Gasteiger partial charge in [0.05, 0.1) is 5.54 Å². The minimum absolute atomic E-state index is 0.0504. The van der Waals surface area contributed by atoms with E-state index in [4.69, 9.17) is 5.73 Å². The standard InChI is InChI=1S/C13H22N4/c1-5-11-15-10(4)6-12(16-11)17-7-13(14,8-17)9(2)3/h6,9H,5,7-8,14H2,1-4H3. The molecule has 1 aromatic rings. The van der Waals surface area contributed by atoms with Gasteiger partial charge in [-0.15, -0.1) is 0 Å². The van der Waals surface area contributed by atoms with Crippen molar-refractivity contribution in [3.63, 3.8) is 0 Å². The Bertz CT molecular complexity index is 408. The van der Waals surface area contributed by atoms with E-state index in [2.05, 4.69) is 35.6 Å². The number of nitrogens with zero attached hydrogens (tertiary/aromatic N) is 3. The number of nitrogens with two attached hydrogens (primary N) is 1. The van der Waals surface area contributed by atoms with Crippen LogP contribution in [0.4, 0.5) is 5.82 Å². The van der Waals surface area contributed by atoms with Crippen molar-refractivity contribution in [2.45, 2.75) is 39.7 Å². The smallest absolute Gasteiger partial charge is 0.132 e. The molecule has 0 unspecified atom stereocenters. The summed E-state index contributed by atoms with van der Waals surface area (Å²) in [6.45, 7) is 10.2. The first-order chi connectivity index (χ1) is 7.94. The Morgan fingerprint density at radius 3 is 2.59 bits per heavy atom. The monoisotopic (exact) mass is 234 g/mol. The second-order valence-corrected chi connectivity index (χ2v) is 5.38. The van der Waals surface area contributed by atoms with Crippen molar-refractivity contribution in [1.29, 1.82) is 0 Å². The van der Waals surface area contributed by atoms with Gasteiger partial charge in [0.2, 0.25) is 0 Å². The zero-order valence-electron chi connectivity index (χ0n) is 11.2. The van der Waals surface area contributed by atoms with E-state index in [0.29, 0.717) is 5.92 Å². The predicted octanol–water partition coefficient (Wildman–Crippen LogP) is 1.52.